The second-order valence-corrected chi connectivity index (χ2v) is 7.72. The summed E-state index contributed by atoms with van der Waals surface area (Å²) in [5, 5.41) is 7.97. The first kappa shape index (κ1) is 19.7. The van der Waals surface area contributed by atoms with E-state index in [9.17, 15) is 4.79 Å². The van der Waals surface area contributed by atoms with Crippen LogP contribution < -0.4 is 5.32 Å². The van der Waals surface area contributed by atoms with Crippen LogP contribution in [-0.2, 0) is 0 Å². The van der Waals surface area contributed by atoms with E-state index < -0.39 is 6.04 Å². The zero-order valence-electron chi connectivity index (χ0n) is 17.4. The van der Waals surface area contributed by atoms with Crippen LogP contribution in [0.5, 0.6) is 0 Å². The second-order valence-electron chi connectivity index (χ2n) is 7.72. The second kappa shape index (κ2) is 8.02. The van der Waals surface area contributed by atoms with E-state index in [1.165, 1.54) is 0 Å². The Labute approximate surface area is 174 Å². The van der Waals surface area contributed by atoms with E-state index in [1.54, 1.807) is 12.4 Å². The molecule has 7 nitrogen and oxygen atoms in total. The van der Waals surface area contributed by atoms with E-state index in [4.69, 9.17) is 4.52 Å². The molecule has 1 amide bonds. The van der Waals surface area contributed by atoms with Crippen molar-refractivity contribution in [1.29, 1.82) is 0 Å². The summed E-state index contributed by atoms with van der Waals surface area (Å²) in [7, 11) is 0. The van der Waals surface area contributed by atoms with E-state index >= 15 is 0 Å². The molecular formula is C23H23N5O2. The van der Waals surface area contributed by atoms with Gasteiger partial charge in [-0.25, -0.2) is 0 Å². The van der Waals surface area contributed by atoms with Crippen LogP contribution >= 0.6 is 0 Å². The Kier molecular flexibility index (Phi) is 5.27. The van der Waals surface area contributed by atoms with Crippen LogP contribution in [0.4, 0.5) is 0 Å². The Balaban J connectivity index is 1.66. The number of amides is 1. The molecule has 0 saturated carbocycles. The molecule has 1 atom stereocenters. The van der Waals surface area contributed by atoms with Crippen molar-refractivity contribution in [3.05, 3.63) is 71.5 Å². The normalized spacial score (nSPS) is 12.3. The minimum Gasteiger partial charge on any atom is -0.340 e. The Morgan fingerprint density at radius 3 is 2.53 bits per heavy atom. The number of hydrogen-bond acceptors (Lipinski definition) is 6. The lowest BCUT2D eigenvalue weighted by Gasteiger charge is -2.19. The summed E-state index contributed by atoms with van der Waals surface area (Å²) < 4.78 is 5.50. The maximum absolute atomic E-state index is 13.3. The van der Waals surface area contributed by atoms with Gasteiger partial charge in [0.1, 0.15) is 6.04 Å². The number of carbonyl (C=O) groups is 1. The van der Waals surface area contributed by atoms with Gasteiger partial charge in [-0.2, -0.15) is 4.98 Å². The molecular weight excluding hydrogens is 378 g/mol. The summed E-state index contributed by atoms with van der Waals surface area (Å²) in [4.78, 5) is 26.3. The molecule has 152 valence electrons. The third-order valence-corrected chi connectivity index (χ3v) is 4.94. The number of aromatic nitrogens is 4. The van der Waals surface area contributed by atoms with Gasteiger partial charge in [0.2, 0.25) is 11.7 Å². The fraction of sp³-hybridized carbons (Fsp3) is 0.261. The standard InChI is InChI=1S/C23H23N5O2/c1-13(2)20(23-27-21(28-30-23)16-7-9-24-10-8-16)26-22(29)18-12-15(4)25-19-6-5-14(3)11-17(18)19/h5-13,20H,1-4H3,(H,26,29). The molecule has 0 radical (unpaired) electrons. The molecule has 0 saturated heterocycles. The van der Waals surface area contributed by atoms with Crippen LogP contribution in [0.25, 0.3) is 22.3 Å². The summed E-state index contributed by atoms with van der Waals surface area (Å²) in [6.45, 7) is 7.88. The molecule has 0 bridgehead atoms. The van der Waals surface area contributed by atoms with E-state index in [-0.39, 0.29) is 11.8 Å². The van der Waals surface area contributed by atoms with Gasteiger partial charge in [0.05, 0.1) is 11.1 Å². The van der Waals surface area contributed by atoms with E-state index in [2.05, 4.69) is 25.4 Å². The van der Waals surface area contributed by atoms with Crippen LogP contribution in [-0.4, -0.2) is 26.0 Å². The third-order valence-electron chi connectivity index (χ3n) is 4.94. The van der Waals surface area contributed by atoms with Crippen molar-refractivity contribution in [2.24, 2.45) is 5.92 Å². The molecule has 4 rings (SSSR count). The number of nitrogens with one attached hydrogen (secondary N) is 1. The third kappa shape index (κ3) is 3.91. The van der Waals surface area contributed by atoms with Gasteiger partial charge in [-0.3, -0.25) is 14.8 Å². The molecule has 1 N–H and O–H groups in total. The molecule has 0 spiro atoms. The highest BCUT2D eigenvalue weighted by molar-refractivity contribution is 6.06. The van der Waals surface area contributed by atoms with Gasteiger partial charge in [-0.1, -0.05) is 30.6 Å². The summed E-state index contributed by atoms with van der Waals surface area (Å²) in [6.07, 6.45) is 3.35. The summed E-state index contributed by atoms with van der Waals surface area (Å²) in [6, 6.07) is 10.9. The smallest absolute Gasteiger partial charge is 0.252 e. The number of benzene rings is 1. The van der Waals surface area contributed by atoms with Gasteiger partial charge in [-0.15, -0.1) is 0 Å². The fourth-order valence-electron chi connectivity index (χ4n) is 3.37. The van der Waals surface area contributed by atoms with Gasteiger partial charge in [0.15, 0.2) is 0 Å². The molecule has 3 heterocycles. The Morgan fingerprint density at radius 1 is 1.03 bits per heavy atom. The molecule has 0 aliphatic carbocycles. The molecule has 30 heavy (non-hydrogen) atoms. The van der Waals surface area contributed by atoms with E-state index in [0.717, 1.165) is 27.7 Å². The van der Waals surface area contributed by atoms with Crippen molar-refractivity contribution in [2.45, 2.75) is 33.7 Å². The van der Waals surface area contributed by atoms with Crippen LogP contribution in [0, 0.1) is 19.8 Å². The van der Waals surface area contributed by atoms with Crippen LogP contribution in [0.2, 0.25) is 0 Å². The lowest BCUT2D eigenvalue weighted by atomic mass is 10.0. The topological polar surface area (TPSA) is 93.8 Å². The number of nitrogens with zero attached hydrogens (tertiary/aromatic N) is 4. The molecule has 0 aliphatic rings. The van der Waals surface area contributed by atoms with Gasteiger partial charge in [-0.05, 0) is 50.1 Å². The highest BCUT2D eigenvalue weighted by atomic mass is 16.5. The van der Waals surface area contributed by atoms with Crippen LogP contribution in [0.1, 0.15) is 47.4 Å². The summed E-state index contributed by atoms with van der Waals surface area (Å²) >= 11 is 0. The molecule has 0 fully saturated rings. The predicted molar refractivity (Wildman–Crippen MR) is 114 cm³/mol. The van der Waals surface area contributed by atoms with Crippen molar-refractivity contribution >= 4 is 16.8 Å². The number of pyridine rings is 2. The molecule has 7 heteroatoms. The van der Waals surface area contributed by atoms with Crippen LogP contribution in [0.3, 0.4) is 0 Å². The van der Waals surface area contributed by atoms with Crippen LogP contribution in [0.15, 0.2) is 53.3 Å². The molecule has 0 aliphatic heterocycles. The van der Waals surface area contributed by atoms with E-state index in [0.29, 0.717) is 17.3 Å². The zero-order chi connectivity index (χ0) is 21.3. The minimum absolute atomic E-state index is 0.0515. The SMILES string of the molecule is Cc1ccc2nc(C)cc(C(=O)NC(c3nc(-c4ccncc4)no3)C(C)C)c2c1. The largest absolute Gasteiger partial charge is 0.340 e. The first-order valence-corrected chi connectivity index (χ1v) is 9.85. The molecule has 1 unspecified atom stereocenters. The maximum atomic E-state index is 13.3. The molecule has 1 aromatic carbocycles. The number of aryl methyl sites for hydroxylation is 2. The highest BCUT2D eigenvalue weighted by Crippen LogP contribution is 2.25. The monoisotopic (exact) mass is 401 g/mol. The number of hydrogen-bond donors (Lipinski definition) is 1. The highest BCUT2D eigenvalue weighted by Gasteiger charge is 2.26. The maximum Gasteiger partial charge on any atom is 0.252 e. The number of carbonyl (C=O) groups excluding carboxylic acids is 1. The Hall–Kier alpha value is -3.61. The Bertz CT molecular complexity index is 1200. The minimum atomic E-state index is -0.422. The fourth-order valence-corrected chi connectivity index (χ4v) is 3.37. The van der Waals surface area contributed by atoms with Gasteiger partial charge in [0.25, 0.3) is 5.91 Å². The first-order valence-electron chi connectivity index (χ1n) is 9.85. The van der Waals surface area contributed by atoms with Gasteiger partial charge in [0, 0.05) is 29.0 Å². The Morgan fingerprint density at radius 2 is 1.80 bits per heavy atom. The van der Waals surface area contributed by atoms with Crippen molar-refractivity contribution in [1.82, 2.24) is 25.4 Å². The van der Waals surface area contributed by atoms with E-state index in [1.807, 2.05) is 64.1 Å². The first-order chi connectivity index (χ1) is 14.4. The van der Waals surface area contributed by atoms with Crippen molar-refractivity contribution < 1.29 is 9.32 Å². The average molecular weight is 401 g/mol. The quantitative estimate of drug-likeness (QED) is 0.532. The lowest BCUT2D eigenvalue weighted by molar-refractivity contribution is 0.0915. The lowest BCUT2D eigenvalue weighted by Crippen LogP contribution is -2.32. The van der Waals surface area contributed by atoms with Crippen molar-refractivity contribution in [3.63, 3.8) is 0 Å². The van der Waals surface area contributed by atoms with Crippen molar-refractivity contribution in [2.75, 3.05) is 0 Å². The summed E-state index contributed by atoms with van der Waals surface area (Å²) in [5.41, 5.74) is 4.04. The zero-order valence-corrected chi connectivity index (χ0v) is 17.4. The number of fused-ring (bicyclic) bond motifs is 1. The van der Waals surface area contributed by atoms with Gasteiger partial charge >= 0.3 is 0 Å². The predicted octanol–water partition coefficient (Wildman–Crippen LogP) is 4.42. The van der Waals surface area contributed by atoms with Gasteiger partial charge < -0.3 is 9.84 Å². The summed E-state index contributed by atoms with van der Waals surface area (Å²) in [5.74, 6) is 0.693. The average Bonchev–Trinajstić information content (AvgIpc) is 3.22. The number of rotatable bonds is 5. The molecule has 3 aromatic heterocycles. The van der Waals surface area contributed by atoms with Crippen molar-refractivity contribution in [3.8, 4) is 11.4 Å². The molecule has 4 aromatic rings.